The monoisotopic (exact) mass is 507 g/mol. The number of hydrazone groups is 1. The van der Waals surface area contributed by atoms with E-state index in [1.54, 1.807) is 23.1 Å². The van der Waals surface area contributed by atoms with Gasteiger partial charge in [-0.15, -0.1) is 11.3 Å². The summed E-state index contributed by atoms with van der Waals surface area (Å²) < 4.78 is 3.98. The molecule has 1 amide bonds. The third kappa shape index (κ3) is 4.04. The Kier molecular flexibility index (Phi) is 5.75. The van der Waals surface area contributed by atoms with E-state index in [0.717, 1.165) is 42.2 Å². The molecule has 0 unspecified atom stereocenters. The van der Waals surface area contributed by atoms with E-state index in [9.17, 15) is 4.79 Å². The fourth-order valence-corrected chi connectivity index (χ4v) is 6.31. The molecule has 8 heteroatoms. The summed E-state index contributed by atoms with van der Waals surface area (Å²) in [6.45, 7) is 3.83. The highest BCUT2D eigenvalue weighted by atomic mass is 32.2. The Morgan fingerprint density at radius 2 is 1.53 bits per heavy atom. The first-order valence-electron chi connectivity index (χ1n) is 11.4. The van der Waals surface area contributed by atoms with Crippen LogP contribution in [0.3, 0.4) is 0 Å². The summed E-state index contributed by atoms with van der Waals surface area (Å²) in [4.78, 5) is 18.2. The quantitative estimate of drug-likeness (QED) is 0.247. The van der Waals surface area contributed by atoms with E-state index >= 15 is 0 Å². The summed E-state index contributed by atoms with van der Waals surface area (Å²) in [5, 5.41) is 11.8. The Hall–Kier alpha value is -4.01. The third-order valence-electron chi connectivity index (χ3n) is 5.87. The predicted molar refractivity (Wildman–Crippen MR) is 147 cm³/mol. The number of anilines is 1. The average molecular weight is 508 g/mol. The van der Waals surface area contributed by atoms with Crippen LogP contribution in [0, 0.1) is 6.92 Å². The molecule has 0 N–H and O–H groups in total. The summed E-state index contributed by atoms with van der Waals surface area (Å²) in [6, 6.07) is 27.6. The summed E-state index contributed by atoms with van der Waals surface area (Å²) >= 11 is 3.21. The van der Waals surface area contributed by atoms with Gasteiger partial charge in [0.15, 0.2) is 4.34 Å². The summed E-state index contributed by atoms with van der Waals surface area (Å²) in [5.74, 6) is -0.151. The van der Waals surface area contributed by atoms with Crippen molar-refractivity contribution >= 4 is 56.7 Å². The molecule has 5 aromatic rings. The van der Waals surface area contributed by atoms with Crippen molar-refractivity contribution in [2.24, 2.45) is 5.10 Å². The average Bonchev–Trinajstić information content (AvgIpc) is 3.55. The molecule has 6 rings (SSSR count). The molecular formula is C28H21N5OS2. The summed E-state index contributed by atoms with van der Waals surface area (Å²) in [7, 11) is 0. The molecule has 0 spiro atoms. The molecule has 0 saturated carbocycles. The van der Waals surface area contributed by atoms with Crippen molar-refractivity contribution in [3.05, 3.63) is 102 Å². The number of benzene rings is 3. The maximum absolute atomic E-state index is 13.4. The maximum Gasteiger partial charge on any atom is 0.280 e. The van der Waals surface area contributed by atoms with Gasteiger partial charge in [0.1, 0.15) is 5.03 Å². The van der Waals surface area contributed by atoms with Crippen molar-refractivity contribution in [1.29, 1.82) is 0 Å². The molecule has 3 heterocycles. The first kappa shape index (κ1) is 22.5. The molecule has 0 atom stereocenters. The second kappa shape index (κ2) is 9.22. The molecule has 1 aliphatic rings. The van der Waals surface area contributed by atoms with E-state index in [-0.39, 0.29) is 5.91 Å². The number of hydrogen-bond donors (Lipinski definition) is 0. The van der Waals surface area contributed by atoms with Crippen molar-refractivity contribution in [3.8, 4) is 5.69 Å². The maximum atomic E-state index is 13.4. The van der Waals surface area contributed by atoms with Crippen molar-refractivity contribution in [1.82, 2.24) is 14.8 Å². The van der Waals surface area contributed by atoms with Crippen molar-refractivity contribution in [2.75, 3.05) is 5.01 Å². The highest BCUT2D eigenvalue weighted by Crippen LogP contribution is 2.39. The van der Waals surface area contributed by atoms with Gasteiger partial charge in [0.2, 0.25) is 0 Å². The van der Waals surface area contributed by atoms with Gasteiger partial charge in [-0.05, 0) is 68.1 Å². The van der Waals surface area contributed by atoms with E-state index in [4.69, 9.17) is 10.1 Å². The minimum atomic E-state index is -0.151. The molecule has 0 aliphatic carbocycles. The van der Waals surface area contributed by atoms with E-state index in [1.807, 2.05) is 103 Å². The lowest BCUT2D eigenvalue weighted by Gasteiger charge is -2.11. The van der Waals surface area contributed by atoms with Crippen LogP contribution < -0.4 is 5.01 Å². The smallest absolute Gasteiger partial charge is 0.267 e. The van der Waals surface area contributed by atoms with Gasteiger partial charge in [-0.25, -0.2) is 9.67 Å². The van der Waals surface area contributed by atoms with Gasteiger partial charge in [-0.3, -0.25) is 4.79 Å². The van der Waals surface area contributed by atoms with Crippen LogP contribution in [0.1, 0.15) is 18.2 Å². The lowest BCUT2D eigenvalue weighted by atomic mass is 10.1. The lowest BCUT2D eigenvalue weighted by molar-refractivity contribution is -0.114. The SMILES string of the molecule is CC1=NN(c2ccccc2)C(=O)/C1=C\c1c(C)nn(-c2ccccc2)c1Sc1nc2ccccc2s1. The highest BCUT2D eigenvalue weighted by Gasteiger charge is 2.30. The molecule has 6 nitrogen and oxygen atoms in total. The van der Waals surface area contributed by atoms with Crippen LogP contribution in [-0.4, -0.2) is 26.4 Å². The first-order chi connectivity index (χ1) is 17.6. The van der Waals surface area contributed by atoms with Gasteiger partial charge in [0, 0.05) is 5.56 Å². The van der Waals surface area contributed by atoms with Crippen LogP contribution in [0.25, 0.3) is 22.0 Å². The molecule has 2 aromatic heterocycles. The van der Waals surface area contributed by atoms with Crippen molar-refractivity contribution in [2.45, 2.75) is 23.2 Å². The third-order valence-corrected chi connectivity index (χ3v) is 8.06. The zero-order chi connectivity index (χ0) is 24.6. The van der Waals surface area contributed by atoms with Crippen LogP contribution in [-0.2, 0) is 4.79 Å². The Bertz CT molecular complexity index is 1620. The van der Waals surface area contributed by atoms with Gasteiger partial charge in [-0.1, -0.05) is 48.5 Å². The molecule has 3 aromatic carbocycles. The number of amides is 1. The van der Waals surface area contributed by atoms with Gasteiger partial charge >= 0.3 is 0 Å². The van der Waals surface area contributed by atoms with Crippen LogP contribution in [0.5, 0.6) is 0 Å². The molecule has 0 saturated heterocycles. The number of carbonyl (C=O) groups is 1. The Labute approximate surface area is 216 Å². The lowest BCUT2D eigenvalue weighted by Crippen LogP contribution is -2.21. The Morgan fingerprint density at radius 1 is 0.861 bits per heavy atom. The van der Waals surface area contributed by atoms with E-state index in [1.165, 1.54) is 5.01 Å². The van der Waals surface area contributed by atoms with Gasteiger partial charge in [0.05, 0.1) is 38.6 Å². The minimum absolute atomic E-state index is 0.151. The van der Waals surface area contributed by atoms with Gasteiger partial charge in [0.25, 0.3) is 5.91 Å². The van der Waals surface area contributed by atoms with Crippen LogP contribution in [0.2, 0.25) is 0 Å². The topological polar surface area (TPSA) is 63.4 Å². The van der Waals surface area contributed by atoms with Crippen molar-refractivity contribution in [3.63, 3.8) is 0 Å². The number of thiazole rings is 1. The van der Waals surface area contributed by atoms with E-state index in [0.29, 0.717) is 11.3 Å². The van der Waals surface area contributed by atoms with Crippen LogP contribution in [0.4, 0.5) is 5.69 Å². The standard InChI is InChI=1S/C28H21N5OS2/c1-18-22(26(34)32(30-18)20-11-5-3-6-12-20)17-23-19(2)31-33(21-13-7-4-8-14-21)27(23)36-28-29-24-15-9-10-16-25(24)35-28/h3-17H,1-2H3/b22-17-. The number of aromatic nitrogens is 3. The molecule has 0 bridgehead atoms. The molecule has 0 radical (unpaired) electrons. The first-order valence-corrected chi connectivity index (χ1v) is 13.1. The summed E-state index contributed by atoms with van der Waals surface area (Å²) in [6.07, 6.45) is 1.92. The Balaban J connectivity index is 1.46. The summed E-state index contributed by atoms with van der Waals surface area (Å²) in [5.41, 5.74) is 5.60. The number of rotatable bonds is 5. The number of nitrogens with zero attached hydrogens (tertiary/aromatic N) is 5. The van der Waals surface area contributed by atoms with Gasteiger partial charge < -0.3 is 0 Å². The molecule has 176 valence electrons. The van der Waals surface area contributed by atoms with E-state index in [2.05, 4.69) is 11.2 Å². The molecule has 0 fully saturated rings. The number of hydrogen-bond acceptors (Lipinski definition) is 6. The van der Waals surface area contributed by atoms with Crippen LogP contribution >= 0.6 is 23.1 Å². The number of fused-ring (bicyclic) bond motifs is 1. The second-order valence-electron chi connectivity index (χ2n) is 8.30. The fraction of sp³-hybridized carbons (Fsp3) is 0.0714. The fourth-order valence-electron chi connectivity index (χ4n) is 4.08. The van der Waals surface area contributed by atoms with E-state index < -0.39 is 0 Å². The predicted octanol–water partition coefficient (Wildman–Crippen LogP) is 6.75. The zero-order valence-corrected chi connectivity index (χ0v) is 21.3. The molecular weight excluding hydrogens is 486 g/mol. The normalized spacial score (nSPS) is 14.7. The molecule has 1 aliphatic heterocycles. The highest BCUT2D eigenvalue weighted by molar-refractivity contribution is 8.01. The Morgan fingerprint density at radius 3 is 2.25 bits per heavy atom. The number of aryl methyl sites for hydroxylation is 1. The largest absolute Gasteiger partial charge is 0.280 e. The minimum Gasteiger partial charge on any atom is -0.267 e. The second-order valence-corrected chi connectivity index (χ2v) is 10.6. The van der Waals surface area contributed by atoms with Crippen molar-refractivity contribution < 1.29 is 4.79 Å². The van der Waals surface area contributed by atoms with Gasteiger partial charge in [-0.2, -0.15) is 15.2 Å². The number of carbonyl (C=O) groups excluding carboxylic acids is 1. The zero-order valence-electron chi connectivity index (χ0n) is 19.6. The molecule has 36 heavy (non-hydrogen) atoms. The van der Waals surface area contributed by atoms with Crippen LogP contribution in [0.15, 0.2) is 105 Å². The number of para-hydroxylation sites is 3.